The lowest BCUT2D eigenvalue weighted by molar-refractivity contribution is -0.149. The zero-order chi connectivity index (χ0) is 22.1. The molecule has 2 rings (SSSR count). The number of hydrogen-bond donors (Lipinski definition) is 3. The van der Waals surface area contributed by atoms with Crippen LogP contribution in [0, 0.1) is 0 Å². The molecule has 1 unspecified atom stereocenters. The minimum Gasteiger partial charge on any atom is -0.454 e. The van der Waals surface area contributed by atoms with Gasteiger partial charge in [-0.15, -0.1) is 0 Å². The van der Waals surface area contributed by atoms with Gasteiger partial charge in [0.1, 0.15) is 6.04 Å². The molecule has 0 radical (unpaired) electrons. The summed E-state index contributed by atoms with van der Waals surface area (Å²) in [5.74, 6) is -1.67. The molecule has 2 aromatic rings. The van der Waals surface area contributed by atoms with Crippen LogP contribution < -0.4 is 15.4 Å². The minimum absolute atomic E-state index is 0.0862. The van der Waals surface area contributed by atoms with Gasteiger partial charge in [0.05, 0.1) is 4.90 Å². The summed E-state index contributed by atoms with van der Waals surface area (Å²) in [6.45, 7) is 2.41. The Hall–Kier alpha value is -3.24. The fourth-order valence-corrected chi connectivity index (χ4v) is 3.57. The molecule has 30 heavy (non-hydrogen) atoms. The zero-order valence-corrected chi connectivity index (χ0v) is 17.4. The maximum Gasteiger partial charge on any atom is 0.324 e. The normalized spacial score (nSPS) is 11.9. The smallest absolute Gasteiger partial charge is 0.324 e. The van der Waals surface area contributed by atoms with Crippen molar-refractivity contribution >= 4 is 33.5 Å². The molecular formula is C20H23N3O6S. The molecule has 0 spiro atoms. The van der Waals surface area contributed by atoms with Crippen molar-refractivity contribution in [2.75, 3.05) is 11.9 Å². The van der Waals surface area contributed by atoms with E-state index in [0.717, 1.165) is 5.56 Å². The molecule has 0 bridgehead atoms. The Kier molecular flexibility index (Phi) is 8.07. The van der Waals surface area contributed by atoms with Crippen LogP contribution in [0.3, 0.4) is 0 Å². The number of rotatable bonds is 9. The molecule has 9 nitrogen and oxygen atoms in total. The largest absolute Gasteiger partial charge is 0.454 e. The van der Waals surface area contributed by atoms with Crippen LogP contribution in [0.25, 0.3) is 0 Å². The number of nitrogens with one attached hydrogen (secondary N) is 3. The highest BCUT2D eigenvalue weighted by molar-refractivity contribution is 7.89. The number of hydrogen-bond acceptors (Lipinski definition) is 6. The number of carbonyl (C=O) groups is 3. The first-order valence-electron chi connectivity index (χ1n) is 9.04. The van der Waals surface area contributed by atoms with Crippen molar-refractivity contribution in [1.29, 1.82) is 0 Å². The molecule has 0 saturated heterocycles. The Labute approximate surface area is 174 Å². The van der Waals surface area contributed by atoms with Gasteiger partial charge in [0.2, 0.25) is 15.9 Å². The Balaban J connectivity index is 1.83. The highest BCUT2D eigenvalue weighted by Crippen LogP contribution is 2.14. The zero-order valence-electron chi connectivity index (χ0n) is 16.5. The summed E-state index contributed by atoms with van der Waals surface area (Å²) in [5, 5.41) is 5.13. The van der Waals surface area contributed by atoms with E-state index in [1.165, 1.54) is 38.1 Å². The highest BCUT2D eigenvalue weighted by atomic mass is 32.2. The van der Waals surface area contributed by atoms with Crippen LogP contribution in [0.4, 0.5) is 5.69 Å². The van der Waals surface area contributed by atoms with Crippen LogP contribution >= 0.6 is 0 Å². The van der Waals surface area contributed by atoms with Gasteiger partial charge in [-0.3, -0.25) is 14.4 Å². The Morgan fingerprint density at radius 2 is 1.63 bits per heavy atom. The van der Waals surface area contributed by atoms with Crippen LogP contribution in [0.5, 0.6) is 0 Å². The maximum atomic E-state index is 12.4. The van der Waals surface area contributed by atoms with Crippen LogP contribution in [-0.4, -0.2) is 38.9 Å². The van der Waals surface area contributed by atoms with Crippen LogP contribution in [-0.2, 0) is 35.7 Å². The molecule has 0 aliphatic carbocycles. The van der Waals surface area contributed by atoms with E-state index in [0.29, 0.717) is 5.69 Å². The number of anilines is 1. The van der Waals surface area contributed by atoms with Gasteiger partial charge in [-0.2, -0.15) is 4.72 Å². The van der Waals surface area contributed by atoms with Gasteiger partial charge in [-0.1, -0.05) is 30.3 Å². The third-order valence-electron chi connectivity index (χ3n) is 3.85. The second kappa shape index (κ2) is 10.5. The van der Waals surface area contributed by atoms with Gasteiger partial charge in [-0.25, -0.2) is 8.42 Å². The van der Waals surface area contributed by atoms with Crippen molar-refractivity contribution < 1.29 is 27.5 Å². The monoisotopic (exact) mass is 433 g/mol. The van der Waals surface area contributed by atoms with Gasteiger partial charge >= 0.3 is 5.97 Å². The van der Waals surface area contributed by atoms with Crippen LogP contribution in [0.2, 0.25) is 0 Å². The second-order valence-electron chi connectivity index (χ2n) is 6.42. The van der Waals surface area contributed by atoms with E-state index in [1.54, 1.807) is 0 Å². The SMILES string of the molecule is CC(=O)Nc1ccc(S(=O)(=O)NC(C)C(=O)OCC(=O)NCc2ccccc2)cc1. The minimum atomic E-state index is -4.00. The molecule has 0 aliphatic rings. The molecule has 0 heterocycles. The predicted molar refractivity (Wildman–Crippen MR) is 110 cm³/mol. The molecule has 1 atom stereocenters. The average molecular weight is 433 g/mol. The van der Waals surface area contributed by atoms with E-state index in [2.05, 4.69) is 15.4 Å². The van der Waals surface area contributed by atoms with E-state index in [4.69, 9.17) is 4.74 Å². The standard InChI is InChI=1S/C20H23N3O6S/c1-14(20(26)29-13-19(25)21-12-16-6-4-3-5-7-16)23-30(27,28)18-10-8-17(9-11-18)22-15(2)24/h3-11,14,23H,12-13H2,1-2H3,(H,21,25)(H,22,24). The first-order chi connectivity index (χ1) is 14.2. The maximum absolute atomic E-state index is 12.4. The Morgan fingerprint density at radius 3 is 2.23 bits per heavy atom. The lowest BCUT2D eigenvalue weighted by atomic mass is 10.2. The van der Waals surface area contributed by atoms with Crippen molar-refractivity contribution in [2.45, 2.75) is 31.3 Å². The van der Waals surface area contributed by atoms with E-state index < -0.39 is 34.5 Å². The Morgan fingerprint density at radius 1 is 1.00 bits per heavy atom. The van der Waals surface area contributed by atoms with Crippen molar-refractivity contribution in [3.63, 3.8) is 0 Å². The van der Waals surface area contributed by atoms with Crippen molar-refractivity contribution in [1.82, 2.24) is 10.0 Å². The van der Waals surface area contributed by atoms with Crippen LogP contribution in [0.15, 0.2) is 59.5 Å². The van der Waals surface area contributed by atoms with E-state index >= 15 is 0 Å². The van der Waals surface area contributed by atoms with Crippen molar-refractivity contribution in [3.8, 4) is 0 Å². The lowest BCUT2D eigenvalue weighted by Crippen LogP contribution is -2.40. The molecule has 0 aliphatic heterocycles. The number of esters is 1. The molecule has 0 saturated carbocycles. The summed E-state index contributed by atoms with van der Waals surface area (Å²) >= 11 is 0. The van der Waals surface area contributed by atoms with Crippen molar-refractivity contribution in [3.05, 3.63) is 60.2 Å². The van der Waals surface area contributed by atoms with Gasteiger partial charge in [0.15, 0.2) is 6.61 Å². The summed E-state index contributed by atoms with van der Waals surface area (Å²) in [5.41, 5.74) is 1.33. The van der Waals surface area contributed by atoms with E-state index in [9.17, 15) is 22.8 Å². The fraction of sp³-hybridized carbons (Fsp3) is 0.250. The van der Waals surface area contributed by atoms with Gasteiger partial charge < -0.3 is 15.4 Å². The quantitative estimate of drug-likeness (QED) is 0.509. The number of amides is 2. The summed E-state index contributed by atoms with van der Waals surface area (Å²) in [7, 11) is -4.00. The third kappa shape index (κ3) is 7.30. The molecule has 0 fully saturated rings. The molecule has 0 aromatic heterocycles. The lowest BCUT2D eigenvalue weighted by Gasteiger charge is -2.14. The van der Waals surface area contributed by atoms with Gasteiger partial charge in [-0.05, 0) is 36.8 Å². The second-order valence-corrected chi connectivity index (χ2v) is 8.13. The molecule has 2 amide bonds. The molecule has 160 valence electrons. The molecular weight excluding hydrogens is 410 g/mol. The number of benzene rings is 2. The molecule has 10 heteroatoms. The third-order valence-corrected chi connectivity index (χ3v) is 5.41. The predicted octanol–water partition coefficient (Wildman–Crippen LogP) is 1.17. The van der Waals surface area contributed by atoms with Gasteiger partial charge in [0.25, 0.3) is 5.91 Å². The number of carbonyl (C=O) groups excluding carboxylic acids is 3. The van der Waals surface area contributed by atoms with E-state index in [1.807, 2.05) is 30.3 Å². The number of sulfonamides is 1. The Bertz CT molecular complexity index is 991. The summed E-state index contributed by atoms with van der Waals surface area (Å²) < 4.78 is 31.9. The summed E-state index contributed by atoms with van der Waals surface area (Å²) in [6.07, 6.45) is 0. The molecule has 2 aromatic carbocycles. The first-order valence-corrected chi connectivity index (χ1v) is 10.5. The average Bonchev–Trinajstić information content (AvgIpc) is 2.70. The molecule has 3 N–H and O–H groups in total. The summed E-state index contributed by atoms with van der Waals surface area (Å²) in [4.78, 5) is 34.8. The highest BCUT2D eigenvalue weighted by Gasteiger charge is 2.23. The van der Waals surface area contributed by atoms with Crippen LogP contribution in [0.1, 0.15) is 19.4 Å². The fourth-order valence-electron chi connectivity index (χ4n) is 2.38. The van der Waals surface area contributed by atoms with Gasteiger partial charge in [0, 0.05) is 19.2 Å². The topological polar surface area (TPSA) is 131 Å². The summed E-state index contributed by atoms with van der Waals surface area (Å²) in [6, 6.07) is 13.4. The van der Waals surface area contributed by atoms with E-state index in [-0.39, 0.29) is 17.3 Å². The number of ether oxygens (including phenoxy) is 1. The first kappa shape index (κ1) is 23.0. The van der Waals surface area contributed by atoms with Crippen molar-refractivity contribution in [2.24, 2.45) is 0 Å².